The molecule has 1 atom stereocenters. The highest BCUT2D eigenvalue weighted by Crippen LogP contribution is 2.36. The van der Waals surface area contributed by atoms with E-state index in [4.69, 9.17) is 16.3 Å². The largest absolute Gasteiger partial charge is 0.380 e. The van der Waals surface area contributed by atoms with Crippen molar-refractivity contribution in [1.29, 1.82) is 0 Å². The van der Waals surface area contributed by atoms with Gasteiger partial charge in [-0.2, -0.15) is 0 Å². The Kier molecular flexibility index (Phi) is 5.68. The fourth-order valence-electron chi connectivity index (χ4n) is 1.25. The van der Waals surface area contributed by atoms with E-state index in [1.165, 1.54) is 0 Å². The van der Waals surface area contributed by atoms with E-state index in [-0.39, 0.29) is 15.2 Å². The van der Waals surface area contributed by atoms with Crippen LogP contribution in [0, 0.1) is 10.1 Å². The Balaban J connectivity index is 2.89. The van der Waals surface area contributed by atoms with Gasteiger partial charge in [-0.1, -0.05) is 11.6 Å². The highest BCUT2D eigenvalue weighted by molar-refractivity contribution is 7.91. The minimum Gasteiger partial charge on any atom is -0.380 e. The molecule has 0 aliphatic rings. The Morgan fingerprint density at radius 2 is 2.26 bits per heavy atom. The van der Waals surface area contributed by atoms with Gasteiger partial charge in [0, 0.05) is 18.7 Å². The van der Waals surface area contributed by atoms with Gasteiger partial charge < -0.3 is 4.74 Å². The van der Waals surface area contributed by atoms with Crippen LogP contribution < -0.4 is 4.72 Å². The molecule has 0 saturated heterocycles. The van der Waals surface area contributed by atoms with Gasteiger partial charge in [0.05, 0.1) is 11.5 Å². The number of sulfonamides is 1. The summed E-state index contributed by atoms with van der Waals surface area (Å²) in [6, 6.07) is 0.507. The van der Waals surface area contributed by atoms with Crippen molar-refractivity contribution in [2.75, 3.05) is 13.2 Å². The Morgan fingerprint density at radius 3 is 2.74 bits per heavy atom. The number of hydrogen-bond donors (Lipinski definition) is 1. The third-order valence-corrected chi connectivity index (χ3v) is 5.44. The Morgan fingerprint density at radius 1 is 1.63 bits per heavy atom. The van der Waals surface area contributed by atoms with Crippen LogP contribution in [0.3, 0.4) is 0 Å². The first-order chi connectivity index (χ1) is 8.77. The van der Waals surface area contributed by atoms with E-state index in [1.807, 2.05) is 0 Å². The molecule has 0 fully saturated rings. The van der Waals surface area contributed by atoms with Gasteiger partial charge in [-0.3, -0.25) is 10.1 Å². The summed E-state index contributed by atoms with van der Waals surface area (Å²) in [5, 5.41) is 10.6. The van der Waals surface area contributed by atoms with Gasteiger partial charge in [-0.05, 0) is 13.8 Å². The molecule has 1 rings (SSSR count). The van der Waals surface area contributed by atoms with E-state index in [9.17, 15) is 18.5 Å². The molecule has 0 aromatic carbocycles. The van der Waals surface area contributed by atoms with Gasteiger partial charge in [-0.25, -0.2) is 13.1 Å². The van der Waals surface area contributed by atoms with Gasteiger partial charge >= 0.3 is 0 Å². The molecule has 7 nitrogen and oxygen atoms in total. The van der Waals surface area contributed by atoms with Crippen LogP contribution in [-0.4, -0.2) is 32.6 Å². The van der Waals surface area contributed by atoms with E-state index in [1.54, 1.807) is 13.8 Å². The van der Waals surface area contributed by atoms with Crippen molar-refractivity contribution in [3.63, 3.8) is 0 Å². The highest BCUT2D eigenvalue weighted by atomic mass is 35.5. The topological polar surface area (TPSA) is 98.5 Å². The fourth-order valence-corrected chi connectivity index (χ4v) is 4.16. The first-order valence-electron chi connectivity index (χ1n) is 5.31. The molecule has 0 aliphatic carbocycles. The standard InChI is InChI=1S/C9H13ClN2O5S2/c1-3-17-5-6(2)11-19(15,16)8-4-7(12(13)14)9(10)18-8/h4,6,11H,3,5H2,1-2H3. The maximum absolute atomic E-state index is 12.0. The summed E-state index contributed by atoms with van der Waals surface area (Å²) in [6.45, 7) is 4.12. The number of halogens is 1. The van der Waals surface area contributed by atoms with E-state index < -0.39 is 26.7 Å². The smallest absolute Gasteiger partial charge is 0.300 e. The lowest BCUT2D eigenvalue weighted by Gasteiger charge is -2.12. The van der Waals surface area contributed by atoms with Crippen LogP contribution >= 0.6 is 22.9 Å². The van der Waals surface area contributed by atoms with Crippen molar-refractivity contribution in [1.82, 2.24) is 4.72 Å². The van der Waals surface area contributed by atoms with Crippen LogP contribution in [0.2, 0.25) is 4.34 Å². The Labute approximate surface area is 119 Å². The number of nitro groups is 1. The molecule has 1 N–H and O–H groups in total. The molecule has 0 aliphatic heterocycles. The van der Waals surface area contributed by atoms with Crippen molar-refractivity contribution in [3.8, 4) is 0 Å². The maximum atomic E-state index is 12.0. The lowest BCUT2D eigenvalue weighted by molar-refractivity contribution is -0.384. The molecule has 1 unspecified atom stereocenters. The van der Waals surface area contributed by atoms with E-state index in [0.29, 0.717) is 17.9 Å². The Bertz CT molecular complexity index is 557. The summed E-state index contributed by atoms with van der Waals surface area (Å²) >= 11 is 6.27. The molecule has 1 heterocycles. The van der Waals surface area contributed by atoms with Gasteiger partial charge in [0.1, 0.15) is 4.21 Å². The second kappa shape index (κ2) is 6.62. The minimum atomic E-state index is -3.83. The molecule has 0 bridgehead atoms. The van der Waals surface area contributed by atoms with Crippen molar-refractivity contribution < 1.29 is 18.1 Å². The number of thiophene rings is 1. The summed E-state index contributed by atoms with van der Waals surface area (Å²) < 4.78 is 31.0. The van der Waals surface area contributed by atoms with Crippen molar-refractivity contribution >= 4 is 38.6 Å². The number of rotatable bonds is 7. The molecule has 10 heteroatoms. The number of hydrogen-bond acceptors (Lipinski definition) is 6. The summed E-state index contributed by atoms with van der Waals surface area (Å²) in [6.07, 6.45) is 0. The molecule has 1 aromatic heterocycles. The molecular formula is C9H13ClN2O5S2. The van der Waals surface area contributed by atoms with Crippen molar-refractivity contribution in [2.24, 2.45) is 0 Å². The summed E-state index contributed by atoms with van der Waals surface area (Å²) in [4.78, 5) is 9.90. The second-order valence-corrected chi connectivity index (χ2v) is 7.26. The van der Waals surface area contributed by atoms with Gasteiger partial charge in [0.25, 0.3) is 15.7 Å². The van der Waals surface area contributed by atoms with Crippen LogP contribution in [0.5, 0.6) is 0 Å². The Hall–Kier alpha value is -0.740. The predicted octanol–water partition coefficient (Wildman–Crippen LogP) is 2.01. The zero-order chi connectivity index (χ0) is 14.6. The van der Waals surface area contributed by atoms with E-state index in [0.717, 1.165) is 6.07 Å². The molecule has 0 spiro atoms. The quantitative estimate of drug-likeness (QED) is 0.609. The SMILES string of the molecule is CCOCC(C)NS(=O)(=O)c1cc([N+](=O)[O-])c(Cl)s1. The van der Waals surface area contributed by atoms with Crippen LogP contribution in [0.1, 0.15) is 13.8 Å². The average Bonchev–Trinajstić information content (AvgIpc) is 2.69. The lowest BCUT2D eigenvalue weighted by Crippen LogP contribution is -2.35. The lowest BCUT2D eigenvalue weighted by atomic mass is 10.4. The molecule has 108 valence electrons. The predicted molar refractivity (Wildman–Crippen MR) is 72.3 cm³/mol. The second-order valence-electron chi connectivity index (χ2n) is 3.66. The summed E-state index contributed by atoms with van der Waals surface area (Å²) in [5.74, 6) is 0. The summed E-state index contributed by atoms with van der Waals surface area (Å²) in [7, 11) is -3.83. The molecule has 0 radical (unpaired) electrons. The van der Waals surface area contributed by atoms with Crippen LogP contribution in [0.25, 0.3) is 0 Å². The van der Waals surface area contributed by atoms with Gasteiger partial charge in [0.15, 0.2) is 4.34 Å². The van der Waals surface area contributed by atoms with Crippen LogP contribution in [0.4, 0.5) is 5.69 Å². The first-order valence-corrected chi connectivity index (χ1v) is 7.99. The van der Waals surface area contributed by atoms with Crippen LogP contribution in [0.15, 0.2) is 10.3 Å². The summed E-state index contributed by atoms with van der Waals surface area (Å²) in [5.41, 5.74) is -0.412. The average molecular weight is 329 g/mol. The van der Waals surface area contributed by atoms with Gasteiger partial charge in [-0.15, -0.1) is 11.3 Å². The molecule has 0 saturated carbocycles. The molecule has 19 heavy (non-hydrogen) atoms. The van der Waals surface area contributed by atoms with Crippen molar-refractivity contribution in [2.45, 2.75) is 24.1 Å². The van der Waals surface area contributed by atoms with Gasteiger partial charge in [0.2, 0.25) is 0 Å². The number of nitrogens with zero attached hydrogens (tertiary/aromatic N) is 1. The number of ether oxygens (including phenoxy) is 1. The fraction of sp³-hybridized carbons (Fsp3) is 0.556. The van der Waals surface area contributed by atoms with E-state index >= 15 is 0 Å². The highest BCUT2D eigenvalue weighted by Gasteiger charge is 2.26. The van der Waals surface area contributed by atoms with Crippen molar-refractivity contribution in [3.05, 3.63) is 20.5 Å². The monoisotopic (exact) mass is 328 g/mol. The van der Waals surface area contributed by atoms with Crippen LogP contribution in [-0.2, 0) is 14.8 Å². The third kappa shape index (κ3) is 4.39. The molecular weight excluding hydrogens is 316 g/mol. The third-order valence-electron chi connectivity index (χ3n) is 2.04. The normalized spacial score (nSPS) is 13.4. The van der Waals surface area contributed by atoms with E-state index in [2.05, 4.69) is 4.72 Å². The minimum absolute atomic E-state index is 0.164. The zero-order valence-electron chi connectivity index (χ0n) is 10.3. The zero-order valence-corrected chi connectivity index (χ0v) is 12.6. The first kappa shape index (κ1) is 16.3. The molecule has 1 aromatic rings. The maximum Gasteiger partial charge on any atom is 0.300 e. The molecule has 0 amide bonds. The number of nitrogens with one attached hydrogen (secondary N) is 1.